The Morgan fingerprint density at radius 3 is 2.82 bits per heavy atom. The van der Waals surface area contributed by atoms with Crippen molar-refractivity contribution in [2.24, 2.45) is 0 Å². The summed E-state index contributed by atoms with van der Waals surface area (Å²) in [5.74, 6) is 0.569. The summed E-state index contributed by atoms with van der Waals surface area (Å²) in [6.07, 6.45) is 4.37. The van der Waals surface area contributed by atoms with Crippen molar-refractivity contribution in [2.75, 3.05) is 12.3 Å². The molecule has 4 heteroatoms. The van der Waals surface area contributed by atoms with Crippen molar-refractivity contribution in [2.45, 2.75) is 39.3 Å². The zero-order chi connectivity index (χ0) is 15.7. The van der Waals surface area contributed by atoms with Crippen LogP contribution in [0.1, 0.15) is 30.9 Å². The summed E-state index contributed by atoms with van der Waals surface area (Å²) in [6, 6.07) is 9.03. The van der Waals surface area contributed by atoms with Crippen LogP contribution in [0.2, 0.25) is 5.02 Å². The van der Waals surface area contributed by atoms with E-state index in [1.54, 1.807) is 6.20 Å². The van der Waals surface area contributed by atoms with Crippen molar-refractivity contribution in [1.82, 2.24) is 9.88 Å². The molecule has 1 aliphatic rings. The van der Waals surface area contributed by atoms with Gasteiger partial charge in [-0.1, -0.05) is 23.7 Å². The van der Waals surface area contributed by atoms with Crippen LogP contribution in [0.25, 0.3) is 11.1 Å². The first kappa shape index (κ1) is 15.3. The minimum absolute atomic E-state index is 0.569. The lowest BCUT2D eigenvalue weighted by Crippen LogP contribution is -2.26. The summed E-state index contributed by atoms with van der Waals surface area (Å²) in [4.78, 5) is 6.74. The SMILES string of the molecule is Cc1cc(-c2ccc(CN3CCCC3C)cc2Cl)cnc1N. The Hall–Kier alpha value is -1.58. The first-order valence-corrected chi connectivity index (χ1v) is 8.17. The predicted molar refractivity (Wildman–Crippen MR) is 92.9 cm³/mol. The van der Waals surface area contributed by atoms with Gasteiger partial charge in [-0.3, -0.25) is 4.90 Å². The summed E-state index contributed by atoms with van der Waals surface area (Å²) in [6.45, 7) is 6.41. The third-order valence-electron chi connectivity index (χ3n) is 4.54. The predicted octanol–water partition coefficient (Wildman–Crippen LogP) is 4.28. The van der Waals surface area contributed by atoms with Crippen molar-refractivity contribution in [1.29, 1.82) is 0 Å². The van der Waals surface area contributed by atoms with Crippen LogP contribution in [-0.2, 0) is 6.54 Å². The fourth-order valence-electron chi connectivity index (χ4n) is 3.09. The normalized spacial score (nSPS) is 18.8. The van der Waals surface area contributed by atoms with Crippen molar-refractivity contribution < 1.29 is 0 Å². The van der Waals surface area contributed by atoms with Gasteiger partial charge in [0, 0.05) is 34.9 Å². The maximum Gasteiger partial charge on any atom is 0.126 e. The van der Waals surface area contributed by atoms with E-state index >= 15 is 0 Å². The van der Waals surface area contributed by atoms with Crippen molar-refractivity contribution in [3.8, 4) is 11.1 Å². The molecule has 3 nitrogen and oxygen atoms in total. The molecule has 0 amide bonds. The van der Waals surface area contributed by atoms with E-state index in [1.165, 1.54) is 24.9 Å². The largest absolute Gasteiger partial charge is 0.383 e. The van der Waals surface area contributed by atoms with E-state index < -0.39 is 0 Å². The second-order valence-electron chi connectivity index (χ2n) is 6.20. The van der Waals surface area contributed by atoms with Crippen LogP contribution in [-0.4, -0.2) is 22.5 Å². The number of pyridine rings is 1. The highest BCUT2D eigenvalue weighted by Gasteiger charge is 2.20. The Morgan fingerprint density at radius 1 is 1.36 bits per heavy atom. The minimum Gasteiger partial charge on any atom is -0.383 e. The second kappa shape index (κ2) is 6.27. The summed E-state index contributed by atoms with van der Waals surface area (Å²) in [7, 11) is 0. The molecule has 1 aliphatic heterocycles. The van der Waals surface area contributed by atoms with E-state index in [2.05, 4.69) is 35.0 Å². The molecule has 0 radical (unpaired) electrons. The molecule has 2 aromatic rings. The number of aromatic nitrogens is 1. The maximum atomic E-state index is 6.50. The van der Waals surface area contributed by atoms with Gasteiger partial charge in [0.2, 0.25) is 0 Å². The molecule has 1 unspecified atom stereocenters. The molecule has 0 bridgehead atoms. The molecule has 1 aromatic heterocycles. The van der Waals surface area contributed by atoms with Crippen LogP contribution in [0, 0.1) is 6.92 Å². The van der Waals surface area contributed by atoms with E-state index in [-0.39, 0.29) is 0 Å². The van der Waals surface area contributed by atoms with Crippen LogP contribution in [0.4, 0.5) is 5.82 Å². The van der Waals surface area contributed by atoms with E-state index in [0.717, 1.165) is 28.3 Å². The van der Waals surface area contributed by atoms with Gasteiger partial charge in [-0.05, 0) is 56.5 Å². The van der Waals surface area contributed by atoms with E-state index in [0.29, 0.717) is 11.9 Å². The van der Waals surface area contributed by atoms with Gasteiger partial charge in [-0.25, -0.2) is 4.98 Å². The molecular weight excluding hydrogens is 294 g/mol. The van der Waals surface area contributed by atoms with Crippen LogP contribution in [0.3, 0.4) is 0 Å². The summed E-state index contributed by atoms with van der Waals surface area (Å²) < 4.78 is 0. The molecule has 2 N–H and O–H groups in total. The number of likely N-dealkylation sites (tertiary alicyclic amines) is 1. The molecule has 0 aliphatic carbocycles. The summed E-state index contributed by atoms with van der Waals surface area (Å²) in [5.41, 5.74) is 10.0. The Bertz CT molecular complexity index is 684. The highest BCUT2D eigenvalue weighted by molar-refractivity contribution is 6.33. The average Bonchev–Trinajstić information content (AvgIpc) is 2.88. The third kappa shape index (κ3) is 3.11. The summed E-state index contributed by atoms with van der Waals surface area (Å²) >= 11 is 6.50. The highest BCUT2D eigenvalue weighted by atomic mass is 35.5. The van der Waals surface area contributed by atoms with E-state index in [1.807, 2.05) is 13.0 Å². The van der Waals surface area contributed by atoms with Gasteiger partial charge in [0.25, 0.3) is 0 Å². The Morgan fingerprint density at radius 2 is 2.18 bits per heavy atom. The van der Waals surface area contributed by atoms with Crippen LogP contribution >= 0.6 is 11.6 Å². The van der Waals surface area contributed by atoms with Crippen LogP contribution in [0.15, 0.2) is 30.5 Å². The lowest BCUT2D eigenvalue weighted by Gasteiger charge is -2.21. The fourth-order valence-corrected chi connectivity index (χ4v) is 3.40. The van der Waals surface area contributed by atoms with Gasteiger partial charge >= 0.3 is 0 Å². The quantitative estimate of drug-likeness (QED) is 0.919. The smallest absolute Gasteiger partial charge is 0.126 e. The Kier molecular flexibility index (Phi) is 4.37. The molecule has 3 rings (SSSR count). The molecule has 0 spiro atoms. The molecule has 1 aromatic carbocycles. The van der Waals surface area contributed by atoms with Crippen LogP contribution < -0.4 is 5.73 Å². The molecule has 22 heavy (non-hydrogen) atoms. The molecule has 1 saturated heterocycles. The lowest BCUT2D eigenvalue weighted by atomic mass is 10.0. The average molecular weight is 316 g/mol. The third-order valence-corrected chi connectivity index (χ3v) is 4.85. The van der Waals surface area contributed by atoms with Gasteiger partial charge in [0.1, 0.15) is 5.82 Å². The summed E-state index contributed by atoms with van der Waals surface area (Å²) in [5, 5.41) is 0.773. The second-order valence-corrected chi connectivity index (χ2v) is 6.61. The minimum atomic E-state index is 0.569. The van der Waals surface area contributed by atoms with Gasteiger partial charge in [0.05, 0.1) is 0 Å². The number of nitrogens with two attached hydrogens (primary N) is 1. The molecule has 1 atom stereocenters. The number of nitrogen functional groups attached to an aromatic ring is 1. The van der Waals surface area contributed by atoms with Gasteiger partial charge < -0.3 is 5.73 Å². The standard InChI is InChI=1S/C18H22ClN3/c1-12-8-15(10-21-18(12)20)16-6-5-14(9-17(16)19)11-22-7-3-4-13(22)2/h5-6,8-10,13H,3-4,7,11H2,1-2H3,(H2,20,21). The maximum absolute atomic E-state index is 6.50. The number of anilines is 1. The van der Waals surface area contributed by atoms with Crippen molar-refractivity contribution in [3.05, 3.63) is 46.6 Å². The number of aryl methyl sites for hydroxylation is 1. The number of rotatable bonds is 3. The molecule has 2 heterocycles. The van der Waals surface area contributed by atoms with Gasteiger partial charge in [-0.15, -0.1) is 0 Å². The topological polar surface area (TPSA) is 42.2 Å². The van der Waals surface area contributed by atoms with Gasteiger partial charge in [-0.2, -0.15) is 0 Å². The first-order valence-electron chi connectivity index (χ1n) is 7.79. The van der Waals surface area contributed by atoms with E-state index in [4.69, 9.17) is 17.3 Å². The zero-order valence-electron chi connectivity index (χ0n) is 13.1. The fraction of sp³-hybridized carbons (Fsp3) is 0.389. The van der Waals surface area contributed by atoms with Gasteiger partial charge in [0.15, 0.2) is 0 Å². The Balaban J connectivity index is 1.84. The first-order chi connectivity index (χ1) is 10.5. The van der Waals surface area contributed by atoms with Crippen molar-refractivity contribution in [3.63, 3.8) is 0 Å². The van der Waals surface area contributed by atoms with Crippen LogP contribution in [0.5, 0.6) is 0 Å². The monoisotopic (exact) mass is 315 g/mol. The van der Waals surface area contributed by atoms with E-state index in [9.17, 15) is 0 Å². The number of nitrogens with zero attached hydrogens (tertiary/aromatic N) is 2. The van der Waals surface area contributed by atoms with Crippen molar-refractivity contribution >= 4 is 17.4 Å². The zero-order valence-corrected chi connectivity index (χ0v) is 13.9. The molecular formula is C18H22ClN3. The highest BCUT2D eigenvalue weighted by Crippen LogP contribution is 2.30. The lowest BCUT2D eigenvalue weighted by molar-refractivity contribution is 0.260. The number of benzene rings is 1. The number of hydrogen-bond donors (Lipinski definition) is 1. The molecule has 116 valence electrons. The Labute approximate surface area is 137 Å². The number of hydrogen-bond acceptors (Lipinski definition) is 3. The molecule has 0 saturated carbocycles. The number of halogens is 1. The molecule has 1 fully saturated rings.